The fraction of sp³-hybridized carbons (Fsp3) is 1.00. The summed E-state index contributed by atoms with van der Waals surface area (Å²) in [6, 6.07) is 0. The number of hydrogen-bond donors (Lipinski definition) is 1. The number of ether oxygens (including phenoxy) is 1. The molecule has 1 saturated carbocycles. The molecule has 112 valence electrons. The van der Waals surface area contributed by atoms with Gasteiger partial charge in [0.15, 0.2) is 0 Å². The van der Waals surface area contributed by atoms with E-state index in [0.717, 1.165) is 25.3 Å². The first-order valence-corrected chi connectivity index (χ1v) is 8.86. The lowest BCUT2D eigenvalue weighted by atomic mass is 9.75. The molecule has 1 atom stereocenters. The highest BCUT2D eigenvalue weighted by atomic mass is 32.1. The number of thiol groups is 1. The molecule has 0 spiro atoms. The van der Waals surface area contributed by atoms with Gasteiger partial charge in [-0.05, 0) is 49.8 Å². The molecule has 1 unspecified atom stereocenters. The van der Waals surface area contributed by atoms with Crippen molar-refractivity contribution in [3.8, 4) is 0 Å². The first-order chi connectivity index (χ1) is 9.28. The largest absolute Gasteiger partial charge is 0.377 e. The maximum atomic E-state index is 5.96. The molecule has 1 saturated heterocycles. The third-order valence-corrected chi connectivity index (χ3v) is 5.50. The molecule has 2 fully saturated rings. The zero-order chi connectivity index (χ0) is 13.6. The average molecular weight is 285 g/mol. The van der Waals surface area contributed by atoms with Crippen molar-refractivity contribution in [2.45, 2.75) is 64.4 Å². The van der Waals surface area contributed by atoms with Crippen LogP contribution in [-0.4, -0.2) is 43.0 Å². The van der Waals surface area contributed by atoms with Crippen molar-refractivity contribution < 1.29 is 4.74 Å². The van der Waals surface area contributed by atoms with Crippen LogP contribution in [0.4, 0.5) is 0 Å². The fourth-order valence-electron chi connectivity index (χ4n) is 3.72. The Morgan fingerprint density at radius 2 is 2.00 bits per heavy atom. The summed E-state index contributed by atoms with van der Waals surface area (Å²) in [6.07, 6.45) is 11.2. The number of hydrogen-bond acceptors (Lipinski definition) is 3. The molecule has 2 nitrogen and oxygen atoms in total. The summed E-state index contributed by atoms with van der Waals surface area (Å²) in [7, 11) is 0. The minimum absolute atomic E-state index is 0.481. The first kappa shape index (κ1) is 15.7. The van der Waals surface area contributed by atoms with Crippen LogP contribution in [0.3, 0.4) is 0 Å². The molecule has 0 bridgehead atoms. The van der Waals surface area contributed by atoms with Crippen LogP contribution in [0.15, 0.2) is 0 Å². The van der Waals surface area contributed by atoms with Gasteiger partial charge in [0, 0.05) is 19.7 Å². The van der Waals surface area contributed by atoms with Crippen molar-refractivity contribution in [2.24, 2.45) is 5.41 Å². The summed E-state index contributed by atoms with van der Waals surface area (Å²) in [5.41, 5.74) is 0.494. The lowest BCUT2D eigenvalue weighted by Gasteiger charge is -2.43. The van der Waals surface area contributed by atoms with E-state index in [9.17, 15) is 0 Å². The molecule has 0 amide bonds. The SMILES string of the molecule is CCCOC1CCCN(CC2(CS)CCCCC2)C1. The standard InChI is InChI=1S/C16H31NOS/c1-2-11-18-15-7-6-10-17(12-15)13-16(14-19)8-4-3-5-9-16/h15,19H,2-14H2,1H3. The zero-order valence-corrected chi connectivity index (χ0v) is 13.5. The average Bonchev–Trinajstić information content (AvgIpc) is 2.46. The van der Waals surface area contributed by atoms with Gasteiger partial charge >= 0.3 is 0 Å². The second-order valence-electron chi connectivity index (χ2n) is 6.59. The van der Waals surface area contributed by atoms with Crippen molar-refractivity contribution >= 4 is 12.6 Å². The third kappa shape index (κ3) is 4.64. The molecule has 0 aromatic carbocycles. The smallest absolute Gasteiger partial charge is 0.0702 e. The highest BCUT2D eigenvalue weighted by molar-refractivity contribution is 7.80. The Morgan fingerprint density at radius 3 is 2.68 bits per heavy atom. The number of piperidine rings is 1. The topological polar surface area (TPSA) is 12.5 Å². The van der Waals surface area contributed by atoms with Gasteiger partial charge in [0.05, 0.1) is 6.10 Å². The van der Waals surface area contributed by atoms with Gasteiger partial charge < -0.3 is 9.64 Å². The van der Waals surface area contributed by atoms with E-state index in [0.29, 0.717) is 11.5 Å². The van der Waals surface area contributed by atoms with Gasteiger partial charge in [-0.2, -0.15) is 12.6 Å². The number of rotatable bonds is 6. The molecule has 2 rings (SSSR count). The molecule has 0 radical (unpaired) electrons. The van der Waals surface area contributed by atoms with Crippen LogP contribution >= 0.6 is 12.6 Å². The second-order valence-corrected chi connectivity index (χ2v) is 6.91. The first-order valence-electron chi connectivity index (χ1n) is 8.23. The molecule has 0 N–H and O–H groups in total. The summed E-state index contributed by atoms with van der Waals surface area (Å²) in [5, 5.41) is 0. The van der Waals surface area contributed by atoms with E-state index in [2.05, 4.69) is 24.5 Å². The van der Waals surface area contributed by atoms with E-state index < -0.39 is 0 Å². The fourth-order valence-corrected chi connectivity index (χ4v) is 4.14. The lowest BCUT2D eigenvalue weighted by molar-refractivity contribution is -0.0133. The van der Waals surface area contributed by atoms with Crippen LogP contribution < -0.4 is 0 Å². The third-order valence-electron chi connectivity index (χ3n) is 4.83. The molecule has 0 aromatic heterocycles. The molecule has 0 aromatic rings. The molecule has 1 heterocycles. The minimum Gasteiger partial charge on any atom is -0.377 e. The maximum Gasteiger partial charge on any atom is 0.0702 e. The van der Waals surface area contributed by atoms with E-state index in [1.807, 2.05) is 0 Å². The Kier molecular flexibility index (Phi) is 6.51. The van der Waals surface area contributed by atoms with Gasteiger partial charge in [-0.1, -0.05) is 26.2 Å². The van der Waals surface area contributed by atoms with Gasteiger partial charge in [0.1, 0.15) is 0 Å². The molecule has 19 heavy (non-hydrogen) atoms. The summed E-state index contributed by atoms with van der Waals surface area (Å²) in [5.74, 6) is 1.06. The predicted molar refractivity (Wildman–Crippen MR) is 85.1 cm³/mol. The molecule has 1 aliphatic carbocycles. The number of nitrogens with zero attached hydrogens (tertiary/aromatic N) is 1. The Labute approximate surface area is 124 Å². The Balaban J connectivity index is 1.83. The number of likely N-dealkylation sites (tertiary alicyclic amines) is 1. The van der Waals surface area contributed by atoms with Gasteiger partial charge in [-0.25, -0.2) is 0 Å². The quantitative estimate of drug-likeness (QED) is 0.746. The van der Waals surface area contributed by atoms with E-state index in [-0.39, 0.29) is 0 Å². The second kappa shape index (κ2) is 7.90. The van der Waals surface area contributed by atoms with Gasteiger partial charge in [0.25, 0.3) is 0 Å². The van der Waals surface area contributed by atoms with Crippen molar-refractivity contribution in [3.05, 3.63) is 0 Å². The summed E-state index contributed by atoms with van der Waals surface area (Å²) >= 11 is 4.67. The summed E-state index contributed by atoms with van der Waals surface area (Å²) < 4.78 is 5.96. The summed E-state index contributed by atoms with van der Waals surface area (Å²) in [4.78, 5) is 2.66. The molecule has 3 heteroatoms. The molecular weight excluding hydrogens is 254 g/mol. The van der Waals surface area contributed by atoms with Crippen LogP contribution in [-0.2, 0) is 4.74 Å². The van der Waals surface area contributed by atoms with Crippen molar-refractivity contribution in [1.29, 1.82) is 0 Å². The highest BCUT2D eigenvalue weighted by Gasteiger charge is 2.34. The van der Waals surface area contributed by atoms with Gasteiger partial charge in [-0.15, -0.1) is 0 Å². The van der Waals surface area contributed by atoms with E-state index in [4.69, 9.17) is 4.74 Å². The lowest BCUT2D eigenvalue weighted by Crippen LogP contribution is -2.47. The van der Waals surface area contributed by atoms with Gasteiger partial charge in [-0.3, -0.25) is 0 Å². The summed E-state index contributed by atoms with van der Waals surface area (Å²) in [6.45, 7) is 6.79. The van der Waals surface area contributed by atoms with Crippen LogP contribution in [0.25, 0.3) is 0 Å². The van der Waals surface area contributed by atoms with Crippen molar-refractivity contribution in [1.82, 2.24) is 4.90 Å². The molecule has 2 aliphatic rings. The normalized spacial score (nSPS) is 28.4. The Morgan fingerprint density at radius 1 is 1.21 bits per heavy atom. The van der Waals surface area contributed by atoms with E-state index in [1.54, 1.807) is 0 Å². The molecular formula is C16H31NOS. The monoisotopic (exact) mass is 285 g/mol. The van der Waals surface area contributed by atoms with Gasteiger partial charge in [0.2, 0.25) is 0 Å². The Hall–Kier alpha value is 0.270. The van der Waals surface area contributed by atoms with Crippen molar-refractivity contribution in [2.75, 3.05) is 32.0 Å². The van der Waals surface area contributed by atoms with Crippen LogP contribution in [0.1, 0.15) is 58.3 Å². The Bertz CT molecular complexity index is 253. The molecule has 1 aliphatic heterocycles. The van der Waals surface area contributed by atoms with Crippen molar-refractivity contribution in [3.63, 3.8) is 0 Å². The van der Waals surface area contributed by atoms with E-state index in [1.165, 1.54) is 58.0 Å². The predicted octanol–water partition coefficient (Wildman–Crippen LogP) is 3.76. The minimum atomic E-state index is 0.481. The maximum absolute atomic E-state index is 5.96. The van der Waals surface area contributed by atoms with E-state index >= 15 is 0 Å². The highest BCUT2D eigenvalue weighted by Crippen LogP contribution is 2.38. The van der Waals surface area contributed by atoms with Crippen LogP contribution in [0, 0.1) is 5.41 Å². The van der Waals surface area contributed by atoms with Crippen LogP contribution in [0.2, 0.25) is 0 Å². The van der Waals surface area contributed by atoms with Crippen LogP contribution in [0.5, 0.6) is 0 Å². The zero-order valence-electron chi connectivity index (χ0n) is 12.6.